The van der Waals surface area contributed by atoms with Gasteiger partial charge >= 0.3 is 0 Å². The van der Waals surface area contributed by atoms with E-state index >= 15 is 0 Å². The number of anilines is 2. The van der Waals surface area contributed by atoms with Gasteiger partial charge in [0.05, 0.1) is 17.1 Å². The number of hydrogen-bond donors (Lipinski definition) is 2. The summed E-state index contributed by atoms with van der Waals surface area (Å²) >= 11 is 0. The highest BCUT2D eigenvalue weighted by Crippen LogP contribution is 2.19. The van der Waals surface area contributed by atoms with Crippen LogP contribution in [0.3, 0.4) is 0 Å². The Kier molecular flexibility index (Phi) is 23.2. The third-order valence-corrected chi connectivity index (χ3v) is 8.78. The molecular weight excluding hydrogens is 729 g/mol. The standard InChI is InChI=1S/C12H15N5.C11H14N6.C8H8N4.C5H11N.3C2H6/c1-3-7-11(8-4-1)17-12(13-14-15-17)16-9-5-2-6-10-16;1-2-4-10(5-3-1)17-11(13-14-15-17)16-8-6-12-7-9-16;1-7-9-10-11-12(7)8-5-3-2-4-6-8;1-2-4-6-5-3-1;3*1-2/h1,3-4,7-8H,2,5-6,9-10H2;1-5,12H,6-9H2;2-6H,1H3;6H,1-5H2;3*1-2H3. The summed E-state index contributed by atoms with van der Waals surface area (Å²) in [6, 6.07) is 29.8. The fourth-order valence-electron chi connectivity index (χ4n) is 6.03. The van der Waals surface area contributed by atoms with Crippen molar-refractivity contribution in [3.05, 3.63) is 96.8 Å². The lowest BCUT2D eigenvalue weighted by atomic mass is 10.1. The Hall–Kier alpha value is -5.61. The smallest absolute Gasteiger partial charge is 0.250 e. The largest absolute Gasteiger partial charge is 0.339 e. The summed E-state index contributed by atoms with van der Waals surface area (Å²) in [6.07, 6.45) is 7.97. The van der Waals surface area contributed by atoms with E-state index < -0.39 is 0 Å². The molecule has 3 aliphatic rings. The van der Waals surface area contributed by atoms with Crippen molar-refractivity contribution in [3.63, 3.8) is 0 Å². The average Bonchev–Trinajstić information content (AvgIpc) is 4.14. The lowest BCUT2D eigenvalue weighted by molar-refractivity contribution is 0.520. The predicted molar refractivity (Wildman–Crippen MR) is 234 cm³/mol. The molecule has 3 aromatic carbocycles. The predicted octanol–water partition coefficient (Wildman–Crippen LogP) is 6.53. The number of piperazine rings is 1. The Labute approximate surface area is 345 Å². The molecule has 58 heavy (non-hydrogen) atoms. The molecule has 314 valence electrons. The molecule has 0 radical (unpaired) electrons. The van der Waals surface area contributed by atoms with Gasteiger partial charge in [-0.05, 0) is 120 Å². The van der Waals surface area contributed by atoms with Crippen molar-refractivity contribution in [3.8, 4) is 17.1 Å². The summed E-state index contributed by atoms with van der Waals surface area (Å²) in [6.45, 7) is 22.3. The zero-order chi connectivity index (χ0) is 41.6. The Morgan fingerprint density at radius 1 is 0.397 bits per heavy atom. The zero-order valence-corrected chi connectivity index (χ0v) is 35.8. The highest BCUT2D eigenvalue weighted by atomic mass is 15.6. The fourth-order valence-corrected chi connectivity index (χ4v) is 6.03. The van der Waals surface area contributed by atoms with Crippen LogP contribution in [-0.4, -0.2) is 113 Å². The van der Waals surface area contributed by atoms with Crippen molar-refractivity contribution in [1.82, 2.24) is 71.3 Å². The van der Waals surface area contributed by atoms with Crippen molar-refractivity contribution >= 4 is 11.9 Å². The van der Waals surface area contributed by atoms with Crippen LogP contribution in [0.25, 0.3) is 17.1 Å². The van der Waals surface area contributed by atoms with Gasteiger partial charge in [-0.3, -0.25) is 0 Å². The van der Waals surface area contributed by atoms with Crippen molar-refractivity contribution in [2.45, 2.75) is 87.0 Å². The topological polar surface area (TPSA) is 161 Å². The van der Waals surface area contributed by atoms with E-state index in [9.17, 15) is 0 Å². The van der Waals surface area contributed by atoms with Crippen LogP contribution in [0.1, 0.15) is 85.9 Å². The SMILES string of the molecule is C1CCNCC1.CC.CC.CC.Cc1nnnn1-c1ccccc1.c1ccc(-n2nnnc2N2CCCCC2)cc1.c1ccc(-n2nnnc2N2CCNCC2)cc1. The number of rotatable bonds is 5. The molecule has 0 bridgehead atoms. The van der Waals surface area contributed by atoms with E-state index in [1.807, 2.05) is 144 Å². The number of tetrazole rings is 3. The number of hydrogen-bond acceptors (Lipinski definition) is 13. The van der Waals surface area contributed by atoms with E-state index in [4.69, 9.17) is 0 Å². The van der Waals surface area contributed by atoms with E-state index in [1.54, 1.807) is 9.36 Å². The average molecular weight is 795 g/mol. The van der Waals surface area contributed by atoms with E-state index in [2.05, 4.69) is 67.0 Å². The number of piperidine rings is 2. The molecule has 6 heterocycles. The summed E-state index contributed by atoms with van der Waals surface area (Å²) in [5.41, 5.74) is 2.99. The maximum Gasteiger partial charge on any atom is 0.250 e. The van der Waals surface area contributed by atoms with Gasteiger partial charge in [-0.25, -0.2) is 0 Å². The van der Waals surface area contributed by atoms with E-state index in [1.165, 1.54) is 51.6 Å². The Morgan fingerprint density at radius 3 is 1.14 bits per heavy atom. The third-order valence-electron chi connectivity index (χ3n) is 8.78. The highest BCUT2D eigenvalue weighted by Gasteiger charge is 2.19. The minimum Gasteiger partial charge on any atom is -0.339 e. The summed E-state index contributed by atoms with van der Waals surface area (Å²) in [4.78, 5) is 4.46. The van der Waals surface area contributed by atoms with Crippen LogP contribution in [0.15, 0.2) is 91.0 Å². The molecule has 3 aliphatic heterocycles. The number of benzene rings is 3. The van der Waals surface area contributed by atoms with Gasteiger partial charge in [-0.15, -0.1) is 5.10 Å². The van der Waals surface area contributed by atoms with Gasteiger partial charge in [0.25, 0.3) is 0 Å². The number of nitrogens with one attached hydrogen (secondary N) is 2. The normalized spacial score (nSPS) is 14.3. The van der Waals surface area contributed by atoms with E-state index in [-0.39, 0.29) is 0 Å². The van der Waals surface area contributed by atoms with Crippen molar-refractivity contribution < 1.29 is 0 Å². The minimum absolute atomic E-state index is 0.793. The maximum atomic E-state index is 4.14. The Morgan fingerprint density at radius 2 is 0.759 bits per heavy atom. The molecule has 3 aromatic heterocycles. The first-order valence-electron chi connectivity index (χ1n) is 21.2. The molecule has 0 atom stereocenters. The summed E-state index contributed by atoms with van der Waals surface area (Å²) in [7, 11) is 0. The summed E-state index contributed by atoms with van der Waals surface area (Å²) in [5, 5.41) is 41.8. The second-order valence-electron chi connectivity index (χ2n) is 12.5. The maximum absolute atomic E-state index is 4.14. The van der Waals surface area contributed by atoms with Crippen LogP contribution in [0.2, 0.25) is 0 Å². The van der Waals surface area contributed by atoms with Gasteiger partial charge in [-0.1, -0.05) is 113 Å². The zero-order valence-electron chi connectivity index (χ0n) is 35.8. The molecule has 3 saturated heterocycles. The molecule has 16 heteroatoms. The van der Waals surface area contributed by atoms with Crippen LogP contribution in [0.4, 0.5) is 11.9 Å². The molecule has 0 amide bonds. The lowest BCUT2D eigenvalue weighted by Gasteiger charge is -2.27. The highest BCUT2D eigenvalue weighted by molar-refractivity contribution is 5.42. The first-order valence-corrected chi connectivity index (χ1v) is 21.2. The van der Waals surface area contributed by atoms with Crippen LogP contribution in [0.5, 0.6) is 0 Å². The van der Waals surface area contributed by atoms with Crippen LogP contribution >= 0.6 is 0 Å². The van der Waals surface area contributed by atoms with Crippen LogP contribution < -0.4 is 20.4 Å². The molecule has 6 aromatic rings. The molecule has 2 N–H and O–H groups in total. The second-order valence-corrected chi connectivity index (χ2v) is 12.5. The van der Waals surface area contributed by atoms with Gasteiger partial charge in [0.1, 0.15) is 0 Å². The second kappa shape index (κ2) is 28.7. The lowest BCUT2D eigenvalue weighted by Crippen LogP contribution is -2.44. The van der Waals surface area contributed by atoms with Crippen molar-refractivity contribution in [2.24, 2.45) is 0 Å². The molecular formula is C42H66N16. The first-order chi connectivity index (χ1) is 28.8. The van der Waals surface area contributed by atoms with E-state index in [0.29, 0.717) is 0 Å². The van der Waals surface area contributed by atoms with E-state index in [0.717, 1.165) is 74.1 Å². The molecule has 9 rings (SSSR count). The van der Waals surface area contributed by atoms with Crippen LogP contribution in [-0.2, 0) is 0 Å². The van der Waals surface area contributed by atoms with Gasteiger partial charge in [0.2, 0.25) is 11.9 Å². The minimum atomic E-state index is 0.793. The summed E-state index contributed by atoms with van der Waals surface area (Å²) in [5.74, 6) is 2.47. The van der Waals surface area contributed by atoms with Gasteiger partial charge in [-0.2, -0.15) is 14.0 Å². The van der Waals surface area contributed by atoms with Crippen LogP contribution in [0, 0.1) is 6.92 Å². The monoisotopic (exact) mass is 795 g/mol. The third kappa shape index (κ3) is 15.0. The molecule has 3 fully saturated rings. The summed E-state index contributed by atoms with van der Waals surface area (Å²) < 4.78 is 5.29. The van der Waals surface area contributed by atoms with Gasteiger partial charge in [0, 0.05) is 39.3 Å². The quantitative estimate of drug-likeness (QED) is 0.194. The Bertz CT molecular complexity index is 1720. The first kappa shape index (κ1) is 46.8. The van der Waals surface area contributed by atoms with Gasteiger partial charge in [0.15, 0.2) is 5.82 Å². The fraction of sp³-hybridized carbons (Fsp3) is 0.500. The number of aromatic nitrogens is 12. The molecule has 0 saturated carbocycles. The van der Waals surface area contributed by atoms with Gasteiger partial charge < -0.3 is 20.4 Å². The molecule has 0 unspecified atom stereocenters. The number of aryl methyl sites for hydroxylation is 1. The van der Waals surface area contributed by atoms with Crippen molar-refractivity contribution in [2.75, 3.05) is 62.2 Å². The number of para-hydroxylation sites is 3. The number of nitrogens with zero attached hydrogens (tertiary/aromatic N) is 14. The molecule has 0 spiro atoms. The Balaban J connectivity index is 0.000000207. The molecule has 0 aliphatic carbocycles. The van der Waals surface area contributed by atoms with Crippen molar-refractivity contribution in [1.29, 1.82) is 0 Å². The molecule has 16 nitrogen and oxygen atoms in total.